The van der Waals surface area contributed by atoms with Crippen molar-refractivity contribution in [3.63, 3.8) is 0 Å². The zero-order chi connectivity index (χ0) is 19.3. The minimum absolute atomic E-state index is 0.0119. The van der Waals surface area contributed by atoms with Gasteiger partial charge in [-0.1, -0.05) is 32.1 Å². The molecule has 0 bridgehead atoms. The lowest BCUT2D eigenvalue weighted by atomic mass is 9.77. The summed E-state index contributed by atoms with van der Waals surface area (Å²) >= 11 is 0. The number of ether oxygens (including phenoxy) is 1. The standard InChI is InChI=1S/C21H25FN2O2/c1-6-12-21(3,7-2)16-8-10-17(11-9-16)26-19-18(22)13-15(14-23-19)20(25)24(4)5/h6,8-11,13-14H,1,7,12H2,2-5H3. The summed E-state index contributed by atoms with van der Waals surface area (Å²) in [4.78, 5) is 17.2. The van der Waals surface area contributed by atoms with Gasteiger partial charge in [-0.15, -0.1) is 6.58 Å². The Morgan fingerprint density at radius 2 is 2.00 bits per heavy atom. The van der Waals surface area contributed by atoms with Crippen LogP contribution in [0.25, 0.3) is 0 Å². The average Bonchev–Trinajstić information content (AvgIpc) is 2.63. The molecule has 2 aromatic rings. The molecule has 0 radical (unpaired) electrons. The molecule has 0 N–H and O–H groups in total. The minimum Gasteiger partial charge on any atom is -0.436 e. The molecule has 2 rings (SSSR count). The highest BCUT2D eigenvalue weighted by Gasteiger charge is 2.23. The molecule has 0 fully saturated rings. The van der Waals surface area contributed by atoms with Crippen LogP contribution in [0, 0.1) is 5.82 Å². The molecule has 0 aliphatic carbocycles. The molecule has 138 valence electrons. The number of amides is 1. The second-order valence-electron chi connectivity index (χ2n) is 6.74. The van der Waals surface area contributed by atoms with Crippen LogP contribution in [0.2, 0.25) is 0 Å². The van der Waals surface area contributed by atoms with Crippen molar-refractivity contribution in [2.45, 2.75) is 32.1 Å². The zero-order valence-electron chi connectivity index (χ0n) is 15.8. The average molecular weight is 356 g/mol. The molecule has 1 aromatic carbocycles. The molecular formula is C21H25FN2O2. The van der Waals surface area contributed by atoms with E-state index in [2.05, 4.69) is 25.4 Å². The van der Waals surface area contributed by atoms with E-state index in [1.807, 2.05) is 18.2 Å². The van der Waals surface area contributed by atoms with Crippen LogP contribution < -0.4 is 4.74 Å². The third-order valence-electron chi connectivity index (χ3n) is 4.60. The Morgan fingerprint density at radius 1 is 1.35 bits per heavy atom. The van der Waals surface area contributed by atoms with E-state index in [0.29, 0.717) is 5.75 Å². The highest BCUT2D eigenvalue weighted by Crippen LogP contribution is 2.33. The van der Waals surface area contributed by atoms with Gasteiger partial charge in [-0.25, -0.2) is 9.37 Å². The monoisotopic (exact) mass is 356 g/mol. The van der Waals surface area contributed by atoms with E-state index >= 15 is 0 Å². The first kappa shape index (κ1) is 19.6. The number of carbonyl (C=O) groups excluding carboxylic acids is 1. The summed E-state index contributed by atoms with van der Waals surface area (Å²) in [6.07, 6.45) is 5.09. The van der Waals surface area contributed by atoms with Crippen LogP contribution in [-0.2, 0) is 5.41 Å². The molecule has 5 heteroatoms. The lowest BCUT2D eigenvalue weighted by Gasteiger charge is -2.27. The Bertz CT molecular complexity index is 787. The number of allylic oxidation sites excluding steroid dienone is 1. The predicted molar refractivity (Wildman–Crippen MR) is 101 cm³/mol. The zero-order valence-corrected chi connectivity index (χ0v) is 15.8. The Labute approximate surface area is 154 Å². The quantitative estimate of drug-likeness (QED) is 0.659. The number of pyridine rings is 1. The van der Waals surface area contributed by atoms with Crippen LogP contribution in [0.1, 0.15) is 42.6 Å². The lowest BCUT2D eigenvalue weighted by Crippen LogP contribution is -2.22. The van der Waals surface area contributed by atoms with Gasteiger partial charge in [-0.2, -0.15) is 0 Å². The Hall–Kier alpha value is -2.69. The van der Waals surface area contributed by atoms with E-state index in [1.54, 1.807) is 26.2 Å². The number of aromatic nitrogens is 1. The second-order valence-corrected chi connectivity index (χ2v) is 6.74. The third-order valence-corrected chi connectivity index (χ3v) is 4.60. The topological polar surface area (TPSA) is 42.4 Å². The van der Waals surface area contributed by atoms with Gasteiger partial charge in [0.1, 0.15) is 5.75 Å². The molecule has 1 amide bonds. The SMILES string of the molecule is C=CCC(C)(CC)c1ccc(Oc2ncc(C(=O)N(C)C)cc2F)cc1. The minimum atomic E-state index is -0.674. The molecule has 4 nitrogen and oxygen atoms in total. The van der Waals surface area contributed by atoms with Crippen molar-refractivity contribution >= 4 is 5.91 Å². The van der Waals surface area contributed by atoms with Gasteiger partial charge in [0.25, 0.3) is 11.8 Å². The first-order valence-corrected chi connectivity index (χ1v) is 8.57. The molecule has 0 spiro atoms. The summed E-state index contributed by atoms with van der Waals surface area (Å²) in [7, 11) is 3.20. The first-order chi connectivity index (χ1) is 12.3. The number of carbonyl (C=O) groups is 1. The molecule has 0 saturated carbocycles. The summed E-state index contributed by atoms with van der Waals surface area (Å²) < 4.78 is 19.7. The van der Waals surface area contributed by atoms with Crippen molar-refractivity contribution in [1.82, 2.24) is 9.88 Å². The molecule has 1 aromatic heterocycles. The van der Waals surface area contributed by atoms with Crippen molar-refractivity contribution in [3.8, 4) is 11.6 Å². The summed E-state index contributed by atoms with van der Waals surface area (Å²) in [6, 6.07) is 8.68. The van der Waals surface area contributed by atoms with Gasteiger partial charge in [0, 0.05) is 20.3 Å². The maximum atomic E-state index is 14.2. The smallest absolute Gasteiger partial charge is 0.255 e. The van der Waals surface area contributed by atoms with Crippen molar-refractivity contribution in [3.05, 3.63) is 66.1 Å². The first-order valence-electron chi connectivity index (χ1n) is 8.57. The highest BCUT2D eigenvalue weighted by molar-refractivity contribution is 5.93. The van der Waals surface area contributed by atoms with Crippen LogP contribution in [0.4, 0.5) is 4.39 Å². The Balaban J connectivity index is 2.19. The van der Waals surface area contributed by atoms with Gasteiger partial charge >= 0.3 is 0 Å². The van der Waals surface area contributed by atoms with Crippen molar-refractivity contribution in [2.75, 3.05) is 14.1 Å². The fourth-order valence-corrected chi connectivity index (χ4v) is 2.70. The van der Waals surface area contributed by atoms with Gasteiger partial charge in [0.15, 0.2) is 5.82 Å². The molecule has 0 aliphatic rings. The lowest BCUT2D eigenvalue weighted by molar-refractivity contribution is 0.0826. The van der Waals surface area contributed by atoms with Crippen molar-refractivity contribution in [1.29, 1.82) is 0 Å². The van der Waals surface area contributed by atoms with Crippen molar-refractivity contribution in [2.24, 2.45) is 0 Å². The molecular weight excluding hydrogens is 331 g/mol. The Morgan fingerprint density at radius 3 is 2.50 bits per heavy atom. The normalized spacial score (nSPS) is 13.0. The largest absolute Gasteiger partial charge is 0.436 e. The summed E-state index contributed by atoms with van der Waals surface area (Å²) in [5.74, 6) is -0.651. The van der Waals surface area contributed by atoms with Crippen LogP contribution in [0.15, 0.2) is 49.2 Å². The molecule has 1 unspecified atom stereocenters. The van der Waals surface area contributed by atoms with Gasteiger partial charge in [0.2, 0.25) is 0 Å². The molecule has 26 heavy (non-hydrogen) atoms. The molecule has 0 aliphatic heterocycles. The van der Waals surface area contributed by atoms with E-state index in [4.69, 9.17) is 4.74 Å². The maximum Gasteiger partial charge on any atom is 0.255 e. The van der Waals surface area contributed by atoms with Gasteiger partial charge in [-0.3, -0.25) is 4.79 Å². The van der Waals surface area contributed by atoms with Gasteiger partial charge in [0.05, 0.1) is 5.56 Å². The summed E-state index contributed by atoms with van der Waals surface area (Å²) in [6.45, 7) is 8.16. The third kappa shape index (κ3) is 4.28. The fourth-order valence-electron chi connectivity index (χ4n) is 2.70. The van der Waals surface area contributed by atoms with Gasteiger partial charge < -0.3 is 9.64 Å². The maximum absolute atomic E-state index is 14.2. The molecule has 1 atom stereocenters. The second kappa shape index (κ2) is 8.13. The van der Waals surface area contributed by atoms with Crippen LogP contribution in [0.5, 0.6) is 11.6 Å². The molecule has 1 heterocycles. The van der Waals surface area contributed by atoms with E-state index in [0.717, 1.165) is 18.9 Å². The number of benzene rings is 1. The summed E-state index contributed by atoms with van der Waals surface area (Å²) in [5, 5.41) is 0. The highest BCUT2D eigenvalue weighted by atomic mass is 19.1. The van der Waals surface area contributed by atoms with Crippen LogP contribution >= 0.6 is 0 Å². The van der Waals surface area contributed by atoms with E-state index in [1.165, 1.54) is 16.7 Å². The van der Waals surface area contributed by atoms with E-state index in [9.17, 15) is 9.18 Å². The fraction of sp³-hybridized carbons (Fsp3) is 0.333. The van der Waals surface area contributed by atoms with E-state index < -0.39 is 5.82 Å². The predicted octanol–water partition coefficient (Wildman–Crippen LogP) is 4.96. The number of rotatable bonds is 7. The number of nitrogens with zero attached hydrogens (tertiary/aromatic N) is 2. The van der Waals surface area contributed by atoms with Gasteiger partial charge in [-0.05, 0) is 42.0 Å². The number of hydrogen-bond acceptors (Lipinski definition) is 3. The number of halogens is 1. The molecule has 0 saturated heterocycles. The van der Waals surface area contributed by atoms with Crippen LogP contribution in [-0.4, -0.2) is 29.9 Å². The van der Waals surface area contributed by atoms with Crippen molar-refractivity contribution < 1.29 is 13.9 Å². The van der Waals surface area contributed by atoms with Crippen LogP contribution in [0.3, 0.4) is 0 Å². The number of hydrogen-bond donors (Lipinski definition) is 0. The van der Waals surface area contributed by atoms with E-state index in [-0.39, 0.29) is 22.8 Å². The summed E-state index contributed by atoms with van der Waals surface area (Å²) in [5.41, 5.74) is 1.36. The Kier molecular flexibility index (Phi) is 6.14.